The maximum atomic E-state index is 11.2. The number of hydrogen-bond acceptors (Lipinski definition) is 4. The van der Waals surface area contributed by atoms with Crippen molar-refractivity contribution in [3.05, 3.63) is 99.6 Å². The van der Waals surface area contributed by atoms with Gasteiger partial charge < -0.3 is 14.7 Å². The average molecular weight is 487 g/mol. The lowest BCUT2D eigenvalue weighted by Crippen LogP contribution is -2.43. The fourth-order valence-electron chi connectivity index (χ4n) is 5.68. The van der Waals surface area contributed by atoms with Crippen LogP contribution < -0.4 is 4.74 Å². The third-order valence-corrected chi connectivity index (χ3v) is 7.99. The Morgan fingerprint density at radius 2 is 1.77 bits per heavy atom. The van der Waals surface area contributed by atoms with Crippen LogP contribution in [0.4, 0.5) is 0 Å². The van der Waals surface area contributed by atoms with Crippen molar-refractivity contribution in [3.8, 4) is 11.8 Å². The van der Waals surface area contributed by atoms with E-state index in [1.54, 1.807) is 0 Å². The van der Waals surface area contributed by atoms with Gasteiger partial charge in [-0.3, -0.25) is 0 Å². The zero-order valence-corrected chi connectivity index (χ0v) is 20.9. The number of hydrogen-bond donors (Lipinski definition) is 1. The van der Waals surface area contributed by atoms with Crippen LogP contribution in [0, 0.1) is 18.3 Å². The zero-order valence-electron chi connectivity index (χ0n) is 20.1. The third-order valence-electron chi connectivity index (χ3n) is 7.74. The molecule has 0 amide bonds. The van der Waals surface area contributed by atoms with Gasteiger partial charge in [-0.25, -0.2) is 0 Å². The molecule has 5 rings (SSSR count). The first-order valence-electron chi connectivity index (χ1n) is 12.4. The van der Waals surface area contributed by atoms with Gasteiger partial charge >= 0.3 is 0 Å². The summed E-state index contributed by atoms with van der Waals surface area (Å²) in [5.74, 6) is 0.805. The average Bonchev–Trinajstić information content (AvgIpc) is 3.01. The number of fused-ring (bicyclic) bond motifs is 2. The van der Waals surface area contributed by atoms with Crippen molar-refractivity contribution >= 4 is 11.6 Å². The van der Waals surface area contributed by atoms with E-state index in [2.05, 4.69) is 36.1 Å². The molecule has 1 N–H and O–H groups in total. The molecule has 1 atom stereocenters. The van der Waals surface area contributed by atoms with Crippen molar-refractivity contribution in [1.29, 1.82) is 5.26 Å². The van der Waals surface area contributed by atoms with Gasteiger partial charge in [0.25, 0.3) is 0 Å². The Morgan fingerprint density at radius 3 is 2.51 bits per heavy atom. The van der Waals surface area contributed by atoms with Crippen molar-refractivity contribution < 1.29 is 9.84 Å². The summed E-state index contributed by atoms with van der Waals surface area (Å²) in [6.07, 6.45) is 2.99. The maximum Gasteiger partial charge on any atom is 0.124 e. The number of piperidine rings is 1. The predicted octanol–water partition coefficient (Wildman–Crippen LogP) is 6.11. The molecule has 3 aromatic rings. The number of nitrogens with zero attached hydrogens (tertiary/aromatic N) is 2. The minimum Gasteiger partial charge on any atom is -0.489 e. The van der Waals surface area contributed by atoms with E-state index in [0.717, 1.165) is 66.0 Å². The molecule has 1 saturated heterocycles. The first-order chi connectivity index (χ1) is 16.9. The second kappa shape index (κ2) is 9.66. The molecule has 5 heteroatoms. The molecule has 0 saturated carbocycles. The van der Waals surface area contributed by atoms with Crippen LogP contribution in [-0.4, -0.2) is 29.6 Å². The summed E-state index contributed by atoms with van der Waals surface area (Å²) in [5, 5.41) is 22.5. The van der Waals surface area contributed by atoms with Crippen LogP contribution >= 0.6 is 11.6 Å². The van der Waals surface area contributed by atoms with Crippen molar-refractivity contribution in [3.63, 3.8) is 0 Å². The molecule has 1 fully saturated rings. The molecule has 3 aromatic carbocycles. The molecule has 0 bridgehead atoms. The first-order valence-corrected chi connectivity index (χ1v) is 12.8. The van der Waals surface area contributed by atoms with E-state index in [4.69, 9.17) is 16.3 Å². The van der Waals surface area contributed by atoms with E-state index >= 15 is 0 Å². The number of likely N-dealkylation sites (tertiary alicyclic amines) is 1. The Balaban J connectivity index is 1.32. The lowest BCUT2D eigenvalue weighted by molar-refractivity contribution is -0.0262. The fraction of sp³-hybridized carbons (Fsp3) is 0.367. The zero-order chi connectivity index (χ0) is 24.5. The highest BCUT2D eigenvalue weighted by molar-refractivity contribution is 6.30. The number of rotatable bonds is 5. The molecule has 0 aliphatic carbocycles. The molecule has 2 aliphatic rings. The van der Waals surface area contributed by atoms with Gasteiger partial charge in [0.15, 0.2) is 0 Å². The maximum absolute atomic E-state index is 11.2. The third kappa shape index (κ3) is 4.57. The Bertz CT molecular complexity index is 1240. The lowest BCUT2D eigenvalue weighted by Gasteiger charge is -2.39. The summed E-state index contributed by atoms with van der Waals surface area (Å²) in [5.41, 5.74) is 3.63. The molecule has 35 heavy (non-hydrogen) atoms. The summed E-state index contributed by atoms with van der Waals surface area (Å²) in [4.78, 5) is 2.41. The van der Waals surface area contributed by atoms with E-state index in [0.29, 0.717) is 24.5 Å². The van der Waals surface area contributed by atoms with Gasteiger partial charge in [0, 0.05) is 23.7 Å². The number of benzene rings is 3. The van der Waals surface area contributed by atoms with E-state index in [1.807, 2.05) is 48.5 Å². The van der Waals surface area contributed by atoms with Gasteiger partial charge in [0.1, 0.15) is 17.8 Å². The highest BCUT2D eigenvalue weighted by atomic mass is 35.5. The topological polar surface area (TPSA) is 56.5 Å². The van der Waals surface area contributed by atoms with Gasteiger partial charge in [-0.1, -0.05) is 65.7 Å². The van der Waals surface area contributed by atoms with E-state index in [9.17, 15) is 10.4 Å². The minimum atomic E-state index is -0.803. The molecule has 0 aromatic heterocycles. The molecular weight excluding hydrogens is 456 g/mol. The fourth-order valence-corrected chi connectivity index (χ4v) is 5.80. The van der Waals surface area contributed by atoms with Gasteiger partial charge in [-0.2, -0.15) is 5.26 Å². The molecule has 2 aliphatic heterocycles. The number of aryl methyl sites for hydroxylation is 1. The van der Waals surface area contributed by atoms with Crippen LogP contribution in [0.3, 0.4) is 0 Å². The number of halogens is 1. The summed E-state index contributed by atoms with van der Waals surface area (Å²) in [6, 6.07) is 24.6. The van der Waals surface area contributed by atoms with Gasteiger partial charge in [-0.15, -0.1) is 0 Å². The molecule has 4 nitrogen and oxygen atoms in total. The summed E-state index contributed by atoms with van der Waals surface area (Å²) >= 11 is 6.02. The van der Waals surface area contributed by atoms with Crippen molar-refractivity contribution in [2.24, 2.45) is 0 Å². The quantitative estimate of drug-likeness (QED) is 0.472. The standard InChI is InChI=1S/C30H31ClN2O2/c1-22-7-12-28-27(19-22)29(21-32,26-6-3-2-5-23(26)20-35-28)13-4-16-33-17-14-30(34,15-18-33)24-8-10-25(31)11-9-24/h2-3,5-12,19,34H,4,13-18,20H2,1H3. The normalized spacial score (nSPS) is 21.2. The number of nitriles is 1. The largest absolute Gasteiger partial charge is 0.489 e. The van der Waals surface area contributed by atoms with Crippen LogP contribution in [0.1, 0.15) is 53.5 Å². The van der Waals surface area contributed by atoms with Crippen LogP contribution in [0.25, 0.3) is 0 Å². The molecule has 180 valence electrons. The highest BCUT2D eigenvalue weighted by Gasteiger charge is 2.41. The second-order valence-electron chi connectivity index (χ2n) is 9.95. The number of ether oxygens (including phenoxy) is 1. The molecule has 2 heterocycles. The predicted molar refractivity (Wildman–Crippen MR) is 139 cm³/mol. The van der Waals surface area contributed by atoms with Crippen molar-refractivity contribution in [1.82, 2.24) is 4.90 Å². The SMILES string of the molecule is Cc1ccc2c(c1)C(C#N)(CCCN1CCC(O)(c3ccc(Cl)cc3)CC1)c1ccccc1CO2. The Hall–Kier alpha value is -2.84. The van der Waals surface area contributed by atoms with E-state index < -0.39 is 11.0 Å². The molecular formula is C30H31ClN2O2. The monoisotopic (exact) mass is 486 g/mol. The van der Waals surface area contributed by atoms with Crippen LogP contribution in [0.15, 0.2) is 66.7 Å². The van der Waals surface area contributed by atoms with Crippen molar-refractivity contribution in [2.45, 2.75) is 50.2 Å². The Kier molecular flexibility index (Phi) is 6.59. The highest BCUT2D eigenvalue weighted by Crippen LogP contribution is 2.45. The van der Waals surface area contributed by atoms with Crippen LogP contribution in [0.2, 0.25) is 5.02 Å². The minimum absolute atomic E-state index is 0.477. The lowest BCUT2D eigenvalue weighted by atomic mass is 9.70. The first kappa shape index (κ1) is 23.9. The van der Waals surface area contributed by atoms with Gasteiger partial charge in [0.2, 0.25) is 0 Å². The second-order valence-corrected chi connectivity index (χ2v) is 10.4. The van der Waals surface area contributed by atoms with Crippen LogP contribution in [0.5, 0.6) is 5.75 Å². The van der Waals surface area contributed by atoms with Crippen molar-refractivity contribution in [2.75, 3.05) is 19.6 Å². The molecule has 0 spiro atoms. The van der Waals surface area contributed by atoms with Gasteiger partial charge in [-0.05, 0) is 74.0 Å². The van der Waals surface area contributed by atoms with E-state index in [1.165, 1.54) is 0 Å². The molecule has 0 radical (unpaired) electrons. The Labute approximate surface area is 212 Å². The smallest absolute Gasteiger partial charge is 0.124 e. The van der Waals surface area contributed by atoms with Crippen LogP contribution in [-0.2, 0) is 17.6 Å². The number of aliphatic hydroxyl groups is 1. The summed E-state index contributed by atoms with van der Waals surface area (Å²) in [7, 11) is 0. The summed E-state index contributed by atoms with van der Waals surface area (Å²) in [6.45, 7) is 5.09. The van der Waals surface area contributed by atoms with E-state index in [-0.39, 0.29) is 0 Å². The Morgan fingerprint density at radius 1 is 1.03 bits per heavy atom. The summed E-state index contributed by atoms with van der Waals surface area (Å²) < 4.78 is 6.16. The molecule has 1 unspecified atom stereocenters. The van der Waals surface area contributed by atoms with Gasteiger partial charge in [0.05, 0.1) is 11.7 Å².